The molecule has 128 valence electrons. The number of hydrogen-bond donors (Lipinski definition) is 3. The summed E-state index contributed by atoms with van der Waals surface area (Å²) in [6, 6.07) is 5.51. The molecule has 1 aliphatic carbocycles. The highest BCUT2D eigenvalue weighted by atomic mass is 19.1. The van der Waals surface area contributed by atoms with E-state index in [1.54, 1.807) is 0 Å². The van der Waals surface area contributed by atoms with E-state index in [1.165, 1.54) is 12.1 Å². The van der Waals surface area contributed by atoms with Crippen molar-refractivity contribution in [2.24, 2.45) is 5.92 Å². The molecule has 0 atom stereocenters. The zero-order valence-corrected chi connectivity index (χ0v) is 13.4. The van der Waals surface area contributed by atoms with Crippen molar-refractivity contribution in [3.63, 3.8) is 0 Å². The minimum atomic E-state index is -0.529. The van der Waals surface area contributed by atoms with Gasteiger partial charge in [-0.15, -0.1) is 0 Å². The fraction of sp³-hybridized carbons (Fsp3) is 0.471. The number of urea groups is 1. The minimum Gasteiger partial charge on any atom is -0.354 e. The van der Waals surface area contributed by atoms with Crippen LogP contribution >= 0.6 is 0 Å². The molecule has 0 bridgehead atoms. The van der Waals surface area contributed by atoms with Gasteiger partial charge in [-0.05, 0) is 25.0 Å². The van der Waals surface area contributed by atoms with Gasteiger partial charge in [0.1, 0.15) is 5.82 Å². The number of carbonyl (C=O) groups is 2. The molecule has 0 spiro atoms. The zero-order chi connectivity index (χ0) is 17.4. The maximum atomic E-state index is 13.7. The van der Waals surface area contributed by atoms with E-state index < -0.39 is 11.8 Å². The molecule has 1 saturated carbocycles. The summed E-state index contributed by atoms with van der Waals surface area (Å²) in [5.41, 5.74) is 0.539. The lowest BCUT2D eigenvalue weighted by Crippen LogP contribution is -2.41. The first-order chi connectivity index (χ1) is 11.6. The molecule has 0 aromatic heterocycles. The Morgan fingerprint density at radius 2 is 1.88 bits per heavy atom. The number of nitriles is 1. The molecule has 1 aliphatic rings. The molecule has 6 nitrogen and oxygen atoms in total. The highest BCUT2D eigenvalue weighted by Crippen LogP contribution is 2.24. The molecular weight excluding hydrogens is 311 g/mol. The summed E-state index contributed by atoms with van der Waals surface area (Å²) in [5.74, 6) is -0.370. The highest BCUT2D eigenvalue weighted by Gasteiger charge is 2.21. The first-order valence-electron chi connectivity index (χ1n) is 8.08. The van der Waals surface area contributed by atoms with Crippen LogP contribution in [-0.2, 0) is 11.3 Å². The molecule has 7 heteroatoms. The Morgan fingerprint density at radius 3 is 2.54 bits per heavy atom. The first kappa shape index (κ1) is 17.7. The standard InChI is InChI=1S/C17H21FN4O2/c18-15-9-12(10-19)5-6-14(15)11-22-17(24)21-8-7-20-16(23)13-3-1-2-4-13/h5-6,9,13H,1-4,7-8,11H2,(H,20,23)(H2,21,22,24). The van der Waals surface area contributed by atoms with Gasteiger partial charge in [-0.2, -0.15) is 5.26 Å². The fourth-order valence-corrected chi connectivity index (χ4v) is 2.69. The monoisotopic (exact) mass is 332 g/mol. The first-order valence-corrected chi connectivity index (χ1v) is 8.08. The maximum Gasteiger partial charge on any atom is 0.315 e. The van der Waals surface area contributed by atoms with Crippen LogP contribution in [-0.4, -0.2) is 25.0 Å². The van der Waals surface area contributed by atoms with Crippen LogP contribution in [0.5, 0.6) is 0 Å². The molecule has 1 aromatic carbocycles. The molecular formula is C17H21FN4O2. The van der Waals surface area contributed by atoms with Crippen LogP contribution in [0, 0.1) is 23.1 Å². The normalized spacial score (nSPS) is 14.0. The Labute approximate surface area is 140 Å². The second kappa shape index (κ2) is 8.87. The van der Waals surface area contributed by atoms with Crippen molar-refractivity contribution in [2.45, 2.75) is 32.2 Å². The number of nitrogens with one attached hydrogen (secondary N) is 3. The van der Waals surface area contributed by atoms with Gasteiger partial charge in [0, 0.05) is 31.1 Å². The van der Waals surface area contributed by atoms with Crippen molar-refractivity contribution < 1.29 is 14.0 Å². The third-order valence-electron chi connectivity index (χ3n) is 4.06. The quantitative estimate of drug-likeness (QED) is 0.693. The van der Waals surface area contributed by atoms with Crippen molar-refractivity contribution in [1.82, 2.24) is 16.0 Å². The molecule has 0 heterocycles. The Morgan fingerprint density at radius 1 is 1.17 bits per heavy atom. The molecule has 3 amide bonds. The predicted octanol–water partition coefficient (Wildman–Crippen LogP) is 1.80. The van der Waals surface area contributed by atoms with Gasteiger partial charge in [0.2, 0.25) is 5.91 Å². The topological polar surface area (TPSA) is 94.0 Å². The molecule has 0 aliphatic heterocycles. The van der Waals surface area contributed by atoms with Gasteiger partial charge < -0.3 is 16.0 Å². The Hall–Kier alpha value is -2.62. The van der Waals surface area contributed by atoms with E-state index in [4.69, 9.17) is 5.26 Å². The molecule has 0 radical (unpaired) electrons. The average Bonchev–Trinajstić information content (AvgIpc) is 3.12. The predicted molar refractivity (Wildman–Crippen MR) is 86.3 cm³/mol. The zero-order valence-electron chi connectivity index (χ0n) is 13.4. The molecule has 0 saturated heterocycles. The number of benzene rings is 1. The van der Waals surface area contributed by atoms with Crippen LogP contribution in [0.15, 0.2) is 18.2 Å². The molecule has 2 rings (SSSR count). The molecule has 1 aromatic rings. The molecule has 3 N–H and O–H groups in total. The van der Waals surface area contributed by atoms with Gasteiger partial charge in [-0.25, -0.2) is 9.18 Å². The van der Waals surface area contributed by atoms with E-state index in [9.17, 15) is 14.0 Å². The van der Waals surface area contributed by atoms with Gasteiger partial charge >= 0.3 is 6.03 Å². The SMILES string of the molecule is N#Cc1ccc(CNC(=O)NCCNC(=O)C2CCCC2)c(F)c1. The molecule has 1 fully saturated rings. The smallest absolute Gasteiger partial charge is 0.315 e. The average molecular weight is 332 g/mol. The second-order valence-corrected chi connectivity index (χ2v) is 5.80. The van der Waals surface area contributed by atoms with Crippen molar-refractivity contribution in [2.75, 3.05) is 13.1 Å². The van der Waals surface area contributed by atoms with Gasteiger partial charge in [-0.1, -0.05) is 18.9 Å². The third-order valence-corrected chi connectivity index (χ3v) is 4.06. The van der Waals surface area contributed by atoms with Gasteiger partial charge in [0.15, 0.2) is 0 Å². The van der Waals surface area contributed by atoms with E-state index in [2.05, 4.69) is 16.0 Å². The van der Waals surface area contributed by atoms with E-state index in [0.29, 0.717) is 18.7 Å². The third kappa shape index (κ3) is 5.23. The van der Waals surface area contributed by atoms with E-state index in [-0.39, 0.29) is 23.9 Å². The van der Waals surface area contributed by atoms with Crippen LogP contribution < -0.4 is 16.0 Å². The van der Waals surface area contributed by atoms with Crippen LogP contribution in [0.3, 0.4) is 0 Å². The van der Waals surface area contributed by atoms with Crippen molar-refractivity contribution >= 4 is 11.9 Å². The summed E-state index contributed by atoms with van der Waals surface area (Å²) in [6.45, 7) is 0.700. The number of hydrogen-bond acceptors (Lipinski definition) is 3. The van der Waals surface area contributed by atoms with Crippen LogP contribution in [0.25, 0.3) is 0 Å². The fourth-order valence-electron chi connectivity index (χ4n) is 2.69. The van der Waals surface area contributed by atoms with Gasteiger partial charge in [-0.3, -0.25) is 4.79 Å². The van der Waals surface area contributed by atoms with E-state index in [0.717, 1.165) is 31.7 Å². The van der Waals surface area contributed by atoms with Crippen LogP contribution in [0.4, 0.5) is 9.18 Å². The van der Waals surface area contributed by atoms with Crippen molar-refractivity contribution in [3.05, 3.63) is 35.1 Å². The summed E-state index contributed by atoms with van der Waals surface area (Å²) in [7, 11) is 0. The minimum absolute atomic E-state index is 0.0256. The van der Waals surface area contributed by atoms with E-state index >= 15 is 0 Å². The Bertz CT molecular complexity index is 636. The number of amides is 3. The summed E-state index contributed by atoms with van der Waals surface area (Å²) < 4.78 is 13.7. The summed E-state index contributed by atoms with van der Waals surface area (Å²) >= 11 is 0. The summed E-state index contributed by atoms with van der Waals surface area (Å²) in [6.07, 6.45) is 4.08. The summed E-state index contributed by atoms with van der Waals surface area (Å²) in [5, 5.41) is 16.6. The maximum absolute atomic E-state index is 13.7. The lowest BCUT2D eigenvalue weighted by Gasteiger charge is -2.11. The van der Waals surface area contributed by atoms with Gasteiger partial charge in [0.05, 0.1) is 11.6 Å². The molecule has 24 heavy (non-hydrogen) atoms. The second-order valence-electron chi connectivity index (χ2n) is 5.80. The van der Waals surface area contributed by atoms with Crippen LogP contribution in [0.2, 0.25) is 0 Å². The number of carbonyl (C=O) groups excluding carboxylic acids is 2. The Balaban J connectivity index is 1.63. The van der Waals surface area contributed by atoms with Gasteiger partial charge in [0.25, 0.3) is 0 Å². The summed E-state index contributed by atoms with van der Waals surface area (Å²) in [4.78, 5) is 23.4. The molecule has 0 unspecified atom stereocenters. The lowest BCUT2D eigenvalue weighted by atomic mass is 10.1. The number of nitrogens with zero attached hydrogens (tertiary/aromatic N) is 1. The largest absolute Gasteiger partial charge is 0.354 e. The van der Waals surface area contributed by atoms with Crippen molar-refractivity contribution in [3.8, 4) is 6.07 Å². The van der Waals surface area contributed by atoms with Crippen molar-refractivity contribution in [1.29, 1.82) is 5.26 Å². The lowest BCUT2D eigenvalue weighted by molar-refractivity contribution is -0.124. The van der Waals surface area contributed by atoms with Crippen LogP contribution in [0.1, 0.15) is 36.8 Å². The van der Waals surface area contributed by atoms with E-state index in [1.807, 2.05) is 6.07 Å². The Kier molecular flexibility index (Phi) is 6.55. The number of rotatable bonds is 6. The number of halogens is 1. The highest BCUT2D eigenvalue weighted by molar-refractivity contribution is 5.79.